The van der Waals surface area contributed by atoms with Gasteiger partial charge in [0.25, 0.3) is 0 Å². The van der Waals surface area contributed by atoms with Gasteiger partial charge in [-0.15, -0.1) is 0 Å². The van der Waals surface area contributed by atoms with E-state index in [0.29, 0.717) is 5.92 Å². The van der Waals surface area contributed by atoms with E-state index in [4.69, 9.17) is 0 Å². The quantitative estimate of drug-likeness (QED) is 0.898. The number of hydrogen-bond donors (Lipinski definition) is 1. The van der Waals surface area contributed by atoms with Gasteiger partial charge in [-0.3, -0.25) is 4.68 Å². The normalized spacial score (nSPS) is 10.9. The third-order valence-corrected chi connectivity index (χ3v) is 2.59. The molecule has 0 radical (unpaired) electrons. The highest BCUT2D eigenvalue weighted by atomic mass is 15.3. The van der Waals surface area contributed by atoms with E-state index in [9.17, 15) is 0 Å². The largest absolute Gasteiger partial charge is 0.370 e. The van der Waals surface area contributed by atoms with Crippen LogP contribution in [0.3, 0.4) is 0 Å². The van der Waals surface area contributed by atoms with E-state index in [1.807, 2.05) is 25.4 Å². The van der Waals surface area contributed by atoms with Crippen LogP contribution in [0.5, 0.6) is 0 Å². The molecule has 0 bridgehead atoms. The van der Waals surface area contributed by atoms with Gasteiger partial charge in [0.15, 0.2) is 0 Å². The van der Waals surface area contributed by atoms with E-state index in [1.165, 1.54) is 0 Å². The third-order valence-electron chi connectivity index (χ3n) is 2.59. The molecule has 5 nitrogen and oxygen atoms in total. The molecule has 0 aliphatic heterocycles. The molecule has 2 aromatic heterocycles. The molecular formula is C13H19N5. The number of nitrogens with zero attached hydrogens (tertiary/aromatic N) is 4. The van der Waals surface area contributed by atoms with Crippen LogP contribution >= 0.6 is 0 Å². The molecule has 2 rings (SSSR count). The van der Waals surface area contributed by atoms with Gasteiger partial charge in [-0.2, -0.15) is 5.10 Å². The van der Waals surface area contributed by atoms with Gasteiger partial charge in [0.05, 0.1) is 5.69 Å². The van der Waals surface area contributed by atoms with Crippen LogP contribution in [0.15, 0.2) is 18.3 Å². The van der Waals surface area contributed by atoms with Crippen molar-refractivity contribution in [1.82, 2.24) is 19.7 Å². The second-order valence-electron chi connectivity index (χ2n) is 4.56. The highest BCUT2D eigenvalue weighted by Crippen LogP contribution is 2.20. The zero-order valence-electron chi connectivity index (χ0n) is 11.3. The Morgan fingerprint density at radius 2 is 2.06 bits per heavy atom. The highest BCUT2D eigenvalue weighted by molar-refractivity contribution is 5.58. The minimum Gasteiger partial charge on any atom is -0.370 e. The van der Waals surface area contributed by atoms with Gasteiger partial charge < -0.3 is 5.32 Å². The van der Waals surface area contributed by atoms with Crippen molar-refractivity contribution >= 4 is 5.82 Å². The van der Waals surface area contributed by atoms with E-state index >= 15 is 0 Å². The van der Waals surface area contributed by atoms with Crippen molar-refractivity contribution in [2.45, 2.75) is 26.7 Å². The van der Waals surface area contributed by atoms with Gasteiger partial charge in [0.1, 0.15) is 17.3 Å². The van der Waals surface area contributed by atoms with E-state index in [-0.39, 0.29) is 0 Å². The van der Waals surface area contributed by atoms with Crippen molar-refractivity contribution in [2.75, 3.05) is 11.9 Å². The van der Waals surface area contributed by atoms with Crippen LogP contribution < -0.4 is 5.32 Å². The smallest absolute Gasteiger partial charge is 0.134 e. The summed E-state index contributed by atoms with van der Waals surface area (Å²) in [6.07, 6.45) is 1.92. The lowest BCUT2D eigenvalue weighted by Crippen LogP contribution is -2.06. The molecule has 2 aromatic rings. The summed E-state index contributed by atoms with van der Waals surface area (Å²) in [6.45, 7) is 7.08. The molecule has 0 unspecified atom stereocenters. The topological polar surface area (TPSA) is 55.6 Å². The summed E-state index contributed by atoms with van der Waals surface area (Å²) in [5, 5.41) is 7.62. The van der Waals surface area contributed by atoms with Crippen molar-refractivity contribution in [3.8, 4) is 11.4 Å². The van der Waals surface area contributed by atoms with Crippen LogP contribution in [0.1, 0.15) is 32.5 Å². The summed E-state index contributed by atoms with van der Waals surface area (Å²) < 4.78 is 1.78. The Hall–Kier alpha value is -1.91. The molecule has 0 amide bonds. The summed E-state index contributed by atoms with van der Waals surface area (Å²) in [5.74, 6) is 2.00. The maximum atomic E-state index is 4.57. The monoisotopic (exact) mass is 245 g/mol. The lowest BCUT2D eigenvalue weighted by Gasteiger charge is -2.09. The lowest BCUT2D eigenvalue weighted by molar-refractivity contribution is 0.761. The predicted octanol–water partition coefficient (Wildman–Crippen LogP) is 2.43. The predicted molar refractivity (Wildman–Crippen MR) is 72.5 cm³/mol. The van der Waals surface area contributed by atoms with Gasteiger partial charge in [0.2, 0.25) is 0 Å². The number of aryl methyl sites for hydroxylation is 1. The van der Waals surface area contributed by atoms with E-state index < -0.39 is 0 Å². The van der Waals surface area contributed by atoms with E-state index in [2.05, 4.69) is 41.2 Å². The Balaban J connectivity index is 2.45. The first kappa shape index (κ1) is 12.5. The molecule has 0 aromatic carbocycles. The van der Waals surface area contributed by atoms with Gasteiger partial charge in [-0.05, 0) is 13.0 Å². The Morgan fingerprint density at radius 3 is 2.61 bits per heavy atom. The maximum Gasteiger partial charge on any atom is 0.134 e. The fraction of sp³-hybridized carbons (Fsp3) is 0.462. The zero-order valence-corrected chi connectivity index (χ0v) is 11.3. The van der Waals surface area contributed by atoms with Gasteiger partial charge >= 0.3 is 0 Å². The Kier molecular flexibility index (Phi) is 3.60. The van der Waals surface area contributed by atoms with Gasteiger partial charge in [-0.25, -0.2) is 9.97 Å². The van der Waals surface area contributed by atoms with Crippen molar-refractivity contribution in [3.05, 3.63) is 24.2 Å². The van der Waals surface area contributed by atoms with Crippen molar-refractivity contribution in [2.24, 2.45) is 7.05 Å². The van der Waals surface area contributed by atoms with Gasteiger partial charge in [0, 0.05) is 31.8 Å². The lowest BCUT2D eigenvalue weighted by atomic mass is 10.2. The van der Waals surface area contributed by atoms with Gasteiger partial charge in [-0.1, -0.05) is 13.8 Å². The highest BCUT2D eigenvalue weighted by Gasteiger charge is 2.10. The molecule has 0 atom stereocenters. The first-order valence-corrected chi connectivity index (χ1v) is 6.23. The van der Waals surface area contributed by atoms with Crippen molar-refractivity contribution < 1.29 is 0 Å². The van der Waals surface area contributed by atoms with Crippen molar-refractivity contribution in [3.63, 3.8) is 0 Å². The minimum atomic E-state index is 0.297. The molecule has 0 saturated carbocycles. The summed E-state index contributed by atoms with van der Waals surface area (Å²) in [7, 11) is 1.90. The molecule has 2 heterocycles. The summed E-state index contributed by atoms with van der Waals surface area (Å²) in [4.78, 5) is 9.07. The fourth-order valence-corrected chi connectivity index (χ4v) is 1.68. The van der Waals surface area contributed by atoms with Crippen LogP contribution in [0.4, 0.5) is 5.82 Å². The molecule has 0 spiro atoms. The summed E-state index contributed by atoms with van der Waals surface area (Å²) in [6, 6.07) is 3.90. The third kappa shape index (κ3) is 2.67. The Morgan fingerprint density at radius 1 is 1.28 bits per heavy atom. The molecule has 0 aliphatic carbocycles. The molecule has 96 valence electrons. The number of anilines is 1. The standard InChI is InChI=1S/C13H19N5/c1-5-14-12-8-11(10-6-7-18(4)17-10)15-13(16-12)9(2)3/h6-9H,5H2,1-4H3,(H,14,15,16). The average molecular weight is 245 g/mol. The molecule has 0 fully saturated rings. The number of aromatic nitrogens is 4. The SMILES string of the molecule is CCNc1cc(-c2ccn(C)n2)nc(C(C)C)n1. The minimum absolute atomic E-state index is 0.297. The second kappa shape index (κ2) is 5.16. The van der Waals surface area contributed by atoms with E-state index in [1.54, 1.807) is 4.68 Å². The fourth-order valence-electron chi connectivity index (χ4n) is 1.68. The molecule has 0 aliphatic rings. The molecule has 0 saturated heterocycles. The Bertz CT molecular complexity index is 530. The first-order chi connectivity index (χ1) is 8.60. The molecule has 18 heavy (non-hydrogen) atoms. The maximum absolute atomic E-state index is 4.57. The summed E-state index contributed by atoms with van der Waals surface area (Å²) in [5.41, 5.74) is 1.74. The Labute approximate surface area is 107 Å². The molecular weight excluding hydrogens is 226 g/mol. The average Bonchev–Trinajstić information content (AvgIpc) is 2.76. The first-order valence-electron chi connectivity index (χ1n) is 6.23. The van der Waals surface area contributed by atoms with Crippen LogP contribution in [0, 0.1) is 0 Å². The van der Waals surface area contributed by atoms with Crippen LogP contribution in [0.2, 0.25) is 0 Å². The zero-order chi connectivity index (χ0) is 13.1. The van der Waals surface area contributed by atoms with Crippen LogP contribution in [-0.2, 0) is 7.05 Å². The number of nitrogens with one attached hydrogen (secondary N) is 1. The van der Waals surface area contributed by atoms with Crippen molar-refractivity contribution in [1.29, 1.82) is 0 Å². The number of rotatable bonds is 4. The van der Waals surface area contributed by atoms with Crippen LogP contribution in [0.25, 0.3) is 11.4 Å². The summed E-state index contributed by atoms with van der Waals surface area (Å²) >= 11 is 0. The van der Waals surface area contributed by atoms with E-state index in [0.717, 1.165) is 29.6 Å². The molecule has 1 N–H and O–H groups in total. The number of hydrogen-bond acceptors (Lipinski definition) is 4. The van der Waals surface area contributed by atoms with Crippen LogP contribution in [-0.4, -0.2) is 26.3 Å². The second-order valence-corrected chi connectivity index (χ2v) is 4.56. The molecule has 5 heteroatoms.